The fourth-order valence-electron chi connectivity index (χ4n) is 3.32. The number of fused-ring (bicyclic) bond motifs is 1. The Balaban J connectivity index is 1.68. The predicted molar refractivity (Wildman–Crippen MR) is 87.4 cm³/mol. The number of methoxy groups -OCH3 is 1. The van der Waals surface area contributed by atoms with Gasteiger partial charge < -0.3 is 20.1 Å². The molecular formula is C17H23N3O4. The van der Waals surface area contributed by atoms with Crippen LogP contribution in [0.1, 0.15) is 12.5 Å². The maximum Gasteiger partial charge on any atom is 0.248 e. The van der Waals surface area contributed by atoms with E-state index < -0.39 is 18.2 Å². The number of piperazine rings is 2. The number of ether oxygens (including phenoxy) is 1. The van der Waals surface area contributed by atoms with Crippen LogP contribution in [-0.4, -0.2) is 71.7 Å². The van der Waals surface area contributed by atoms with Crippen LogP contribution in [0.3, 0.4) is 0 Å². The van der Waals surface area contributed by atoms with Crippen molar-refractivity contribution in [1.82, 2.24) is 15.1 Å². The number of hydrogen-bond donors (Lipinski definition) is 2. The molecule has 2 N–H and O–H groups in total. The molecule has 0 bridgehead atoms. The SMILES string of the molecule is COc1cccc(CN2CCN3C(=O)[C@H]([C@@H](C)O)NC(=O)[C@H]3C2)c1. The Labute approximate surface area is 141 Å². The summed E-state index contributed by atoms with van der Waals surface area (Å²) in [5.74, 6) is 0.406. The second kappa shape index (κ2) is 6.78. The molecule has 1 aromatic carbocycles. The van der Waals surface area contributed by atoms with Gasteiger partial charge in [0.1, 0.15) is 17.8 Å². The molecule has 0 aliphatic carbocycles. The molecule has 7 heteroatoms. The highest BCUT2D eigenvalue weighted by atomic mass is 16.5. The Morgan fingerprint density at radius 2 is 2.17 bits per heavy atom. The number of nitrogens with one attached hydrogen (secondary N) is 1. The van der Waals surface area contributed by atoms with Gasteiger partial charge in [-0.3, -0.25) is 14.5 Å². The maximum atomic E-state index is 12.4. The number of hydrogen-bond acceptors (Lipinski definition) is 5. The first-order valence-corrected chi connectivity index (χ1v) is 8.14. The molecular weight excluding hydrogens is 310 g/mol. The molecule has 0 saturated carbocycles. The van der Waals surface area contributed by atoms with E-state index in [0.717, 1.165) is 11.3 Å². The van der Waals surface area contributed by atoms with Crippen molar-refractivity contribution in [3.05, 3.63) is 29.8 Å². The lowest BCUT2D eigenvalue weighted by Crippen LogP contribution is -2.70. The number of aliphatic hydroxyl groups is 1. The minimum absolute atomic E-state index is 0.198. The van der Waals surface area contributed by atoms with Gasteiger partial charge in [-0.15, -0.1) is 0 Å². The minimum atomic E-state index is -0.891. The number of amides is 2. The van der Waals surface area contributed by atoms with Crippen molar-refractivity contribution >= 4 is 11.8 Å². The van der Waals surface area contributed by atoms with E-state index in [9.17, 15) is 14.7 Å². The number of carbonyl (C=O) groups is 2. The van der Waals surface area contributed by atoms with Crippen molar-refractivity contribution in [2.75, 3.05) is 26.7 Å². The fourth-order valence-corrected chi connectivity index (χ4v) is 3.32. The lowest BCUT2D eigenvalue weighted by Gasteiger charge is -2.45. The third kappa shape index (κ3) is 3.22. The summed E-state index contributed by atoms with van der Waals surface area (Å²) in [5, 5.41) is 12.3. The molecule has 0 unspecified atom stereocenters. The average Bonchev–Trinajstić information content (AvgIpc) is 2.58. The third-order valence-electron chi connectivity index (χ3n) is 4.64. The number of nitrogens with zero attached hydrogens (tertiary/aromatic N) is 2. The van der Waals surface area contributed by atoms with Crippen LogP contribution in [-0.2, 0) is 16.1 Å². The molecule has 2 aliphatic rings. The summed E-state index contributed by atoms with van der Waals surface area (Å²) in [7, 11) is 1.63. The Hall–Kier alpha value is -2.12. The molecule has 130 valence electrons. The molecule has 0 aromatic heterocycles. The molecule has 2 saturated heterocycles. The van der Waals surface area contributed by atoms with E-state index in [0.29, 0.717) is 26.2 Å². The topological polar surface area (TPSA) is 82.1 Å². The summed E-state index contributed by atoms with van der Waals surface area (Å²) in [5.41, 5.74) is 1.10. The van der Waals surface area contributed by atoms with Crippen molar-refractivity contribution < 1.29 is 19.4 Å². The van der Waals surface area contributed by atoms with E-state index in [1.165, 1.54) is 6.92 Å². The van der Waals surface area contributed by atoms with Crippen molar-refractivity contribution in [3.8, 4) is 5.75 Å². The zero-order valence-corrected chi connectivity index (χ0v) is 13.9. The highest BCUT2D eigenvalue weighted by Crippen LogP contribution is 2.20. The second-order valence-electron chi connectivity index (χ2n) is 6.36. The summed E-state index contributed by atoms with van der Waals surface area (Å²) in [6.07, 6.45) is -0.891. The highest BCUT2D eigenvalue weighted by Gasteiger charge is 2.44. The lowest BCUT2D eigenvalue weighted by atomic mass is 10.0. The Kier molecular flexibility index (Phi) is 4.73. The highest BCUT2D eigenvalue weighted by molar-refractivity contribution is 5.97. The first-order valence-electron chi connectivity index (χ1n) is 8.14. The van der Waals surface area contributed by atoms with Crippen LogP contribution in [0, 0.1) is 0 Å². The van der Waals surface area contributed by atoms with Crippen molar-refractivity contribution in [2.45, 2.75) is 31.7 Å². The van der Waals surface area contributed by atoms with E-state index >= 15 is 0 Å². The summed E-state index contributed by atoms with van der Waals surface area (Å²) < 4.78 is 5.24. The first kappa shape index (κ1) is 16.7. The molecule has 3 rings (SSSR count). The fraction of sp³-hybridized carbons (Fsp3) is 0.529. The number of rotatable bonds is 4. The van der Waals surface area contributed by atoms with Gasteiger partial charge in [0.05, 0.1) is 13.2 Å². The second-order valence-corrected chi connectivity index (χ2v) is 6.36. The molecule has 2 amide bonds. The van der Waals surface area contributed by atoms with Crippen molar-refractivity contribution in [2.24, 2.45) is 0 Å². The Morgan fingerprint density at radius 3 is 2.88 bits per heavy atom. The predicted octanol–water partition coefficient (Wildman–Crippen LogP) is -0.413. The van der Waals surface area contributed by atoms with Crippen LogP contribution in [0.4, 0.5) is 0 Å². The Morgan fingerprint density at radius 1 is 1.38 bits per heavy atom. The largest absolute Gasteiger partial charge is 0.497 e. The average molecular weight is 333 g/mol. The monoisotopic (exact) mass is 333 g/mol. The molecule has 0 spiro atoms. The minimum Gasteiger partial charge on any atom is -0.497 e. The van der Waals surface area contributed by atoms with Crippen LogP contribution in [0.5, 0.6) is 5.75 Å². The van der Waals surface area contributed by atoms with Crippen LogP contribution in [0.25, 0.3) is 0 Å². The van der Waals surface area contributed by atoms with Crippen LogP contribution < -0.4 is 10.1 Å². The van der Waals surface area contributed by atoms with Crippen LogP contribution >= 0.6 is 0 Å². The quantitative estimate of drug-likeness (QED) is 0.783. The molecule has 3 atom stereocenters. The summed E-state index contributed by atoms with van der Waals surface area (Å²) >= 11 is 0. The normalized spacial score (nSPS) is 25.9. The van der Waals surface area contributed by atoms with Gasteiger partial charge in [-0.25, -0.2) is 0 Å². The lowest BCUT2D eigenvalue weighted by molar-refractivity contribution is -0.156. The summed E-state index contributed by atoms with van der Waals surface area (Å²) in [6.45, 7) is 3.88. The molecule has 7 nitrogen and oxygen atoms in total. The van der Waals surface area contributed by atoms with E-state index in [4.69, 9.17) is 4.74 Å². The van der Waals surface area contributed by atoms with Crippen LogP contribution in [0.15, 0.2) is 24.3 Å². The standard InChI is InChI=1S/C17H23N3O4/c1-11(21)15-17(23)20-7-6-19(10-14(20)16(22)18-15)9-12-4-3-5-13(8-12)24-2/h3-5,8,11,14-15,21H,6-7,9-10H2,1-2H3,(H,18,22)/t11-,14-,15+/m1/s1. The molecule has 2 aliphatic heterocycles. The smallest absolute Gasteiger partial charge is 0.248 e. The molecule has 0 radical (unpaired) electrons. The summed E-state index contributed by atoms with van der Waals surface area (Å²) in [4.78, 5) is 28.5. The van der Waals surface area contributed by atoms with E-state index in [1.54, 1.807) is 12.0 Å². The molecule has 2 heterocycles. The van der Waals surface area contributed by atoms with Crippen molar-refractivity contribution in [3.63, 3.8) is 0 Å². The molecule has 1 aromatic rings. The molecule has 24 heavy (non-hydrogen) atoms. The van der Waals surface area contributed by atoms with Crippen LogP contribution in [0.2, 0.25) is 0 Å². The van der Waals surface area contributed by atoms with E-state index in [2.05, 4.69) is 10.2 Å². The zero-order chi connectivity index (χ0) is 17.3. The van der Waals surface area contributed by atoms with Gasteiger partial charge in [0.25, 0.3) is 0 Å². The number of aliphatic hydroxyl groups excluding tert-OH is 1. The third-order valence-corrected chi connectivity index (χ3v) is 4.64. The first-order chi connectivity index (χ1) is 11.5. The van der Waals surface area contributed by atoms with Gasteiger partial charge in [-0.05, 0) is 24.6 Å². The Bertz CT molecular complexity index is 634. The summed E-state index contributed by atoms with van der Waals surface area (Å²) in [6, 6.07) is 6.50. The maximum absolute atomic E-state index is 12.4. The zero-order valence-electron chi connectivity index (χ0n) is 13.9. The number of carbonyl (C=O) groups excluding carboxylic acids is 2. The molecule has 2 fully saturated rings. The van der Waals surface area contributed by atoms with Gasteiger partial charge in [-0.2, -0.15) is 0 Å². The number of benzene rings is 1. The van der Waals surface area contributed by atoms with Gasteiger partial charge in [0, 0.05) is 26.2 Å². The van der Waals surface area contributed by atoms with E-state index in [-0.39, 0.29) is 11.8 Å². The van der Waals surface area contributed by atoms with Gasteiger partial charge in [0.15, 0.2) is 0 Å². The van der Waals surface area contributed by atoms with Crippen molar-refractivity contribution in [1.29, 1.82) is 0 Å². The van der Waals surface area contributed by atoms with Gasteiger partial charge in [0.2, 0.25) is 11.8 Å². The van der Waals surface area contributed by atoms with E-state index in [1.807, 2.05) is 24.3 Å². The van der Waals surface area contributed by atoms with Gasteiger partial charge in [-0.1, -0.05) is 12.1 Å². The van der Waals surface area contributed by atoms with Gasteiger partial charge >= 0.3 is 0 Å².